The van der Waals surface area contributed by atoms with Crippen LogP contribution in [-0.2, 0) is 6.42 Å². The van der Waals surface area contributed by atoms with E-state index >= 15 is 0 Å². The number of benzene rings is 1. The van der Waals surface area contributed by atoms with Gasteiger partial charge in [0.25, 0.3) is 0 Å². The van der Waals surface area contributed by atoms with Crippen molar-refractivity contribution in [3.05, 3.63) is 23.8 Å². The molecule has 20 heavy (non-hydrogen) atoms. The number of ether oxygens (including phenoxy) is 2. The fraction of sp³-hybridized carbons (Fsp3) is 0.647. The van der Waals surface area contributed by atoms with Gasteiger partial charge in [-0.15, -0.1) is 0 Å². The van der Waals surface area contributed by atoms with Crippen LogP contribution in [0, 0.1) is 5.41 Å². The molecule has 1 unspecified atom stereocenters. The second kappa shape index (κ2) is 7.53. The molecule has 1 aromatic carbocycles. The fourth-order valence-corrected chi connectivity index (χ4v) is 2.25. The van der Waals surface area contributed by atoms with E-state index in [9.17, 15) is 0 Å². The third kappa shape index (κ3) is 5.41. The monoisotopic (exact) mass is 279 g/mol. The van der Waals surface area contributed by atoms with E-state index in [4.69, 9.17) is 9.47 Å². The zero-order valence-electron chi connectivity index (χ0n) is 13.7. The summed E-state index contributed by atoms with van der Waals surface area (Å²) in [5.41, 5.74) is 1.66. The zero-order valence-corrected chi connectivity index (χ0v) is 13.7. The van der Waals surface area contributed by atoms with Crippen molar-refractivity contribution in [1.82, 2.24) is 5.32 Å². The SMILES string of the molecule is CNC(CCC(C)(C)C)Cc1ccc(OC)c(OC)c1. The largest absolute Gasteiger partial charge is 0.493 e. The topological polar surface area (TPSA) is 30.5 Å². The molecule has 0 aliphatic heterocycles. The summed E-state index contributed by atoms with van der Waals surface area (Å²) in [4.78, 5) is 0. The van der Waals surface area contributed by atoms with E-state index in [0.717, 1.165) is 17.9 Å². The van der Waals surface area contributed by atoms with Crippen LogP contribution in [0.4, 0.5) is 0 Å². The minimum absolute atomic E-state index is 0.382. The molecule has 114 valence electrons. The summed E-state index contributed by atoms with van der Waals surface area (Å²) in [6.45, 7) is 6.86. The van der Waals surface area contributed by atoms with Crippen LogP contribution in [0.5, 0.6) is 11.5 Å². The first-order valence-electron chi connectivity index (χ1n) is 7.28. The minimum Gasteiger partial charge on any atom is -0.493 e. The number of rotatable bonds is 7. The molecular weight excluding hydrogens is 250 g/mol. The van der Waals surface area contributed by atoms with Gasteiger partial charge in [0.05, 0.1) is 14.2 Å². The van der Waals surface area contributed by atoms with E-state index in [-0.39, 0.29) is 0 Å². The molecule has 0 fully saturated rings. The Kier molecular flexibility index (Phi) is 6.34. The Morgan fingerprint density at radius 1 is 1.10 bits per heavy atom. The average molecular weight is 279 g/mol. The highest BCUT2D eigenvalue weighted by Crippen LogP contribution is 2.29. The van der Waals surface area contributed by atoms with Gasteiger partial charge in [0.1, 0.15) is 0 Å². The van der Waals surface area contributed by atoms with Crippen molar-refractivity contribution in [2.24, 2.45) is 5.41 Å². The summed E-state index contributed by atoms with van der Waals surface area (Å²) in [7, 11) is 5.38. The second-order valence-electron chi connectivity index (χ2n) is 6.48. The number of hydrogen-bond donors (Lipinski definition) is 1. The molecule has 0 amide bonds. The van der Waals surface area contributed by atoms with E-state index < -0.39 is 0 Å². The molecule has 0 saturated heterocycles. The molecule has 0 aliphatic carbocycles. The van der Waals surface area contributed by atoms with Gasteiger partial charge in [0.15, 0.2) is 11.5 Å². The summed E-state index contributed by atoms with van der Waals surface area (Å²) in [5.74, 6) is 1.59. The molecule has 0 aliphatic rings. The molecule has 3 nitrogen and oxygen atoms in total. The van der Waals surface area contributed by atoms with Gasteiger partial charge >= 0.3 is 0 Å². The van der Waals surface area contributed by atoms with Gasteiger partial charge in [-0.3, -0.25) is 0 Å². The molecule has 0 spiro atoms. The maximum atomic E-state index is 5.36. The van der Waals surface area contributed by atoms with E-state index in [2.05, 4.69) is 38.2 Å². The Morgan fingerprint density at radius 2 is 1.75 bits per heavy atom. The molecule has 0 heterocycles. The predicted octanol–water partition coefficient (Wildman–Crippen LogP) is 3.66. The van der Waals surface area contributed by atoms with Crippen molar-refractivity contribution in [3.8, 4) is 11.5 Å². The quantitative estimate of drug-likeness (QED) is 0.826. The Bertz CT molecular complexity index is 410. The standard InChI is InChI=1S/C17H29NO2/c1-17(2,3)10-9-14(18-4)11-13-7-8-15(19-5)16(12-13)20-6/h7-8,12,14,18H,9-11H2,1-6H3. The van der Waals surface area contributed by atoms with Crippen LogP contribution in [0.2, 0.25) is 0 Å². The molecule has 1 rings (SSSR count). The van der Waals surface area contributed by atoms with Gasteiger partial charge in [-0.05, 0) is 49.4 Å². The molecule has 1 aromatic rings. The van der Waals surface area contributed by atoms with Crippen LogP contribution in [0.1, 0.15) is 39.2 Å². The maximum Gasteiger partial charge on any atom is 0.160 e. The second-order valence-corrected chi connectivity index (χ2v) is 6.48. The van der Waals surface area contributed by atoms with Crippen molar-refractivity contribution in [1.29, 1.82) is 0 Å². The van der Waals surface area contributed by atoms with Gasteiger partial charge in [0, 0.05) is 6.04 Å². The third-order valence-corrected chi connectivity index (χ3v) is 3.58. The average Bonchev–Trinajstić information content (AvgIpc) is 2.42. The smallest absolute Gasteiger partial charge is 0.160 e. The molecule has 0 aromatic heterocycles. The lowest BCUT2D eigenvalue weighted by Gasteiger charge is -2.23. The van der Waals surface area contributed by atoms with Crippen molar-refractivity contribution < 1.29 is 9.47 Å². The van der Waals surface area contributed by atoms with E-state index in [1.807, 2.05) is 13.1 Å². The number of hydrogen-bond acceptors (Lipinski definition) is 3. The zero-order chi connectivity index (χ0) is 15.2. The van der Waals surface area contributed by atoms with Crippen molar-refractivity contribution in [3.63, 3.8) is 0 Å². The molecule has 1 atom stereocenters. The lowest BCUT2D eigenvalue weighted by Crippen LogP contribution is -2.29. The van der Waals surface area contributed by atoms with Crippen LogP contribution in [0.3, 0.4) is 0 Å². The van der Waals surface area contributed by atoms with Crippen LogP contribution in [-0.4, -0.2) is 27.3 Å². The lowest BCUT2D eigenvalue weighted by molar-refractivity contribution is 0.334. The summed E-state index contributed by atoms with van der Waals surface area (Å²) < 4.78 is 10.6. The first-order valence-corrected chi connectivity index (χ1v) is 7.28. The van der Waals surface area contributed by atoms with Gasteiger partial charge in [-0.2, -0.15) is 0 Å². The Morgan fingerprint density at radius 3 is 2.25 bits per heavy atom. The molecule has 0 bridgehead atoms. The Labute approximate surface area is 123 Å². The Balaban J connectivity index is 2.70. The van der Waals surface area contributed by atoms with E-state index in [1.165, 1.54) is 18.4 Å². The first kappa shape index (κ1) is 16.8. The molecule has 1 N–H and O–H groups in total. The van der Waals surface area contributed by atoms with Crippen LogP contribution in [0.25, 0.3) is 0 Å². The molecule has 0 saturated carbocycles. The summed E-state index contributed by atoms with van der Waals surface area (Å²) in [5, 5.41) is 3.42. The molecule has 0 radical (unpaired) electrons. The highest BCUT2D eigenvalue weighted by Gasteiger charge is 2.15. The summed E-state index contributed by atoms with van der Waals surface area (Å²) in [6, 6.07) is 6.65. The lowest BCUT2D eigenvalue weighted by atomic mass is 9.87. The minimum atomic E-state index is 0.382. The number of methoxy groups -OCH3 is 2. The predicted molar refractivity (Wildman–Crippen MR) is 84.8 cm³/mol. The number of nitrogens with one attached hydrogen (secondary N) is 1. The Hall–Kier alpha value is -1.22. The van der Waals surface area contributed by atoms with Crippen molar-refractivity contribution in [2.75, 3.05) is 21.3 Å². The van der Waals surface area contributed by atoms with Gasteiger partial charge in [-0.25, -0.2) is 0 Å². The molecular formula is C17H29NO2. The van der Waals surface area contributed by atoms with Crippen molar-refractivity contribution >= 4 is 0 Å². The highest BCUT2D eigenvalue weighted by atomic mass is 16.5. The maximum absolute atomic E-state index is 5.36. The van der Waals surface area contributed by atoms with Crippen LogP contribution >= 0.6 is 0 Å². The van der Waals surface area contributed by atoms with E-state index in [0.29, 0.717) is 11.5 Å². The van der Waals surface area contributed by atoms with E-state index in [1.54, 1.807) is 14.2 Å². The fourth-order valence-electron chi connectivity index (χ4n) is 2.25. The first-order chi connectivity index (χ1) is 9.39. The number of likely N-dealkylation sites (N-methyl/N-ethyl adjacent to an activating group) is 1. The third-order valence-electron chi connectivity index (χ3n) is 3.58. The van der Waals surface area contributed by atoms with Crippen molar-refractivity contribution in [2.45, 2.75) is 46.1 Å². The normalized spacial score (nSPS) is 13.1. The van der Waals surface area contributed by atoms with Crippen LogP contribution < -0.4 is 14.8 Å². The van der Waals surface area contributed by atoms with Gasteiger partial charge < -0.3 is 14.8 Å². The van der Waals surface area contributed by atoms with Gasteiger partial charge in [0.2, 0.25) is 0 Å². The summed E-state index contributed by atoms with van der Waals surface area (Å²) >= 11 is 0. The van der Waals surface area contributed by atoms with Crippen LogP contribution in [0.15, 0.2) is 18.2 Å². The van der Waals surface area contributed by atoms with Gasteiger partial charge in [-0.1, -0.05) is 26.8 Å². The highest BCUT2D eigenvalue weighted by molar-refractivity contribution is 5.43. The summed E-state index contributed by atoms with van der Waals surface area (Å²) in [6.07, 6.45) is 3.40. The molecule has 3 heteroatoms.